The number of aliphatic hydroxyl groups is 2. The van der Waals surface area contributed by atoms with Gasteiger partial charge < -0.3 is 24.7 Å². The summed E-state index contributed by atoms with van der Waals surface area (Å²) >= 11 is 0. The highest BCUT2D eigenvalue weighted by atomic mass is 19.1. The van der Waals surface area contributed by atoms with E-state index >= 15 is 8.78 Å². The maximum atomic E-state index is 15.5. The van der Waals surface area contributed by atoms with Crippen LogP contribution in [0.25, 0.3) is 33.3 Å². The maximum absolute atomic E-state index is 15.5. The number of aliphatic hydroxyl groups excluding tert-OH is 2. The number of H-pyrrole nitrogens is 1. The van der Waals surface area contributed by atoms with E-state index in [9.17, 15) is 10.2 Å². The molecular formula is C28H26F2N4O4. The molecule has 3 unspecified atom stereocenters. The summed E-state index contributed by atoms with van der Waals surface area (Å²) < 4.78 is 41.4. The van der Waals surface area contributed by atoms with Gasteiger partial charge in [-0.1, -0.05) is 42.5 Å². The first-order valence-corrected chi connectivity index (χ1v) is 12.0. The van der Waals surface area contributed by atoms with Crippen molar-refractivity contribution in [1.29, 1.82) is 0 Å². The molecule has 0 aliphatic carbocycles. The molecule has 8 nitrogen and oxygen atoms in total. The van der Waals surface area contributed by atoms with E-state index in [1.54, 1.807) is 35.5 Å². The summed E-state index contributed by atoms with van der Waals surface area (Å²) in [4.78, 5) is 6.86. The fourth-order valence-corrected chi connectivity index (χ4v) is 4.43. The first-order valence-electron chi connectivity index (χ1n) is 12.0. The highest BCUT2D eigenvalue weighted by Gasteiger charge is 2.37. The van der Waals surface area contributed by atoms with E-state index in [2.05, 4.69) is 21.8 Å². The van der Waals surface area contributed by atoms with E-state index in [1.807, 2.05) is 37.3 Å². The fraction of sp³-hybridized carbons (Fsp3) is 0.214. The van der Waals surface area contributed by atoms with Crippen LogP contribution in [-0.4, -0.2) is 58.4 Å². The van der Waals surface area contributed by atoms with Gasteiger partial charge in [0, 0.05) is 19.0 Å². The molecule has 1 aliphatic rings. The van der Waals surface area contributed by atoms with Crippen molar-refractivity contribution in [2.24, 2.45) is 5.10 Å². The van der Waals surface area contributed by atoms with Crippen LogP contribution in [0.3, 0.4) is 0 Å². The Balaban J connectivity index is 1.39. The number of rotatable bonds is 8. The van der Waals surface area contributed by atoms with Crippen molar-refractivity contribution in [3.05, 3.63) is 78.5 Å². The molecule has 1 saturated heterocycles. The number of allylic oxidation sites excluding steroid dienone is 1. The molecule has 0 amide bonds. The summed E-state index contributed by atoms with van der Waals surface area (Å²) in [6.45, 7) is 5.12. The quantitative estimate of drug-likeness (QED) is 0.231. The Labute approximate surface area is 217 Å². The van der Waals surface area contributed by atoms with Gasteiger partial charge in [0.05, 0.1) is 30.0 Å². The molecule has 0 saturated carbocycles. The summed E-state index contributed by atoms with van der Waals surface area (Å²) in [6, 6.07) is 15.6. The van der Waals surface area contributed by atoms with Crippen LogP contribution in [0.4, 0.5) is 14.5 Å². The molecule has 2 heterocycles. The smallest absolute Gasteiger partial charge is 0.295 e. The van der Waals surface area contributed by atoms with Crippen LogP contribution in [0.1, 0.15) is 6.92 Å². The number of benzene rings is 3. The minimum atomic E-state index is -1.08. The molecule has 0 bridgehead atoms. The molecule has 5 rings (SSSR count). The Kier molecular flexibility index (Phi) is 7.19. The number of anilines is 1. The summed E-state index contributed by atoms with van der Waals surface area (Å²) in [5.74, 6) is -1.59. The second kappa shape index (κ2) is 10.7. The highest BCUT2D eigenvalue weighted by molar-refractivity contribution is 5.84. The van der Waals surface area contributed by atoms with Crippen molar-refractivity contribution in [3.63, 3.8) is 0 Å². The number of nitrogens with zero attached hydrogens (tertiary/aromatic N) is 3. The van der Waals surface area contributed by atoms with Gasteiger partial charge in [-0.25, -0.2) is 13.8 Å². The zero-order valence-electron chi connectivity index (χ0n) is 20.5. The van der Waals surface area contributed by atoms with Gasteiger partial charge in [0.2, 0.25) is 0 Å². The van der Waals surface area contributed by atoms with E-state index in [-0.39, 0.29) is 35.8 Å². The predicted molar refractivity (Wildman–Crippen MR) is 141 cm³/mol. The van der Waals surface area contributed by atoms with Crippen LogP contribution in [0.2, 0.25) is 0 Å². The SMILES string of the molecule is C=NN(C=CC)c1ccc(-c2ccc(-c3c(F)cc4[nH]c(OC5COC(CO)C5O)nc4c3F)cc2)cc1. The molecule has 3 N–H and O–H groups in total. The van der Waals surface area contributed by atoms with Crippen molar-refractivity contribution in [2.75, 3.05) is 18.2 Å². The van der Waals surface area contributed by atoms with Gasteiger partial charge in [0.1, 0.15) is 23.5 Å². The molecule has 1 fully saturated rings. The van der Waals surface area contributed by atoms with E-state index < -0.39 is 29.9 Å². The molecule has 0 radical (unpaired) electrons. The van der Waals surface area contributed by atoms with E-state index in [0.29, 0.717) is 5.56 Å². The number of fused-ring (bicyclic) bond motifs is 1. The summed E-state index contributed by atoms with van der Waals surface area (Å²) in [5.41, 5.74) is 2.82. The molecule has 38 heavy (non-hydrogen) atoms. The first kappa shape index (κ1) is 25.5. The van der Waals surface area contributed by atoms with Crippen LogP contribution >= 0.6 is 0 Å². The summed E-state index contributed by atoms with van der Waals surface area (Å²) in [7, 11) is 0. The summed E-state index contributed by atoms with van der Waals surface area (Å²) in [6.07, 6.45) is 0.995. The molecule has 3 atom stereocenters. The average molecular weight is 521 g/mol. The number of hydrogen-bond acceptors (Lipinski definition) is 7. The van der Waals surface area contributed by atoms with Crippen molar-refractivity contribution in [1.82, 2.24) is 9.97 Å². The van der Waals surface area contributed by atoms with Gasteiger partial charge in [-0.05, 0) is 35.7 Å². The summed E-state index contributed by atoms with van der Waals surface area (Å²) in [5, 5.41) is 25.0. The first-order chi connectivity index (χ1) is 18.4. The molecule has 4 aromatic rings. The fourth-order valence-electron chi connectivity index (χ4n) is 4.43. The Hall–Kier alpha value is -4.12. The number of hydrogen-bond donors (Lipinski definition) is 3. The number of ether oxygens (including phenoxy) is 2. The second-order valence-electron chi connectivity index (χ2n) is 8.78. The van der Waals surface area contributed by atoms with Gasteiger partial charge in [-0.15, -0.1) is 0 Å². The largest absolute Gasteiger partial charge is 0.456 e. The Morgan fingerprint density at radius 3 is 2.42 bits per heavy atom. The average Bonchev–Trinajstić information content (AvgIpc) is 3.50. The van der Waals surface area contributed by atoms with Crippen LogP contribution in [0.15, 0.2) is 72.0 Å². The Morgan fingerprint density at radius 1 is 1.16 bits per heavy atom. The lowest BCUT2D eigenvalue weighted by atomic mass is 9.99. The van der Waals surface area contributed by atoms with Crippen LogP contribution in [-0.2, 0) is 4.74 Å². The second-order valence-corrected chi connectivity index (χ2v) is 8.78. The number of nitrogens with one attached hydrogen (secondary N) is 1. The van der Waals surface area contributed by atoms with E-state index in [4.69, 9.17) is 9.47 Å². The predicted octanol–water partition coefficient (Wildman–Crippen LogP) is 4.63. The number of halogens is 2. The number of aromatic amines is 1. The maximum Gasteiger partial charge on any atom is 0.295 e. The van der Waals surface area contributed by atoms with Gasteiger partial charge in [0.25, 0.3) is 6.01 Å². The van der Waals surface area contributed by atoms with Crippen molar-refractivity contribution in [3.8, 4) is 28.3 Å². The van der Waals surface area contributed by atoms with Crippen molar-refractivity contribution < 1.29 is 28.5 Å². The zero-order valence-corrected chi connectivity index (χ0v) is 20.5. The minimum absolute atomic E-state index is 0.0276. The third kappa shape index (κ3) is 4.76. The monoisotopic (exact) mass is 520 g/mol. The molecule has 0 spiro atoms. The number of imidazole rings is 1. The highest BCUT2D eigenvalue weighted by Crippen LogP contribution is 2.34. The molecule has 10 heteroatoms. The van der Waals surface area contributed by atoms with E-state index in [0.717, 1.165) is 22.9 Å². The molecular weight excluding hydrogens is 494 g/mol. The van der Waals surface area contributed by atoms with Gasteiger partial charge in [-0.2, -0.15) is 10.1 Å². The minimum Gasteiger partial charge on any atom is -0.456 e. The van der Waals surface area contributed by atoms with Gasteiger partial charge >= 0.3 is 0 Å². The lowest BCUT2D eigenvalue weighted by Crippen LogP contribution is -2.36. The van der Waals surface area contributed by atoms with Crippen LogP contribution in [0.5, 0.6) is 6.01 Å². The number of hydrazone groups is 1. The molecule has 196 valence electrons. The third-order valence-corrected chi connectivity index (χ3v) is 6.41. The topological polar surface area (TPSA) is 103 Å². The third-order valence-electron chi connectivity index (χ3n) is 6.41. The normalized spacial score (nSPS) is 19.3. The Bertz CT molecular complexity index is 1470. The zero-order chi connectivity index (χ0) is 26.8. The van der Waals surface area contributed by atoms with Crippen molar-refractivity contribution in [2.45, 2.75) is 25.2 Å². The lowest BCUT2D eigenvalue weighted by Gasteiger charge is -2.15. The standard InChI is InChI=1S/C28H26F2N4O4/c1-3-12-34(31-2)19-10-8-17(9-11-19)16-4-6-18(7-5-16)24-20(29)13-21-26(25(24)30)33-28(32-21)38-23-15-37-22(14-35)27(23)36/h3-13,22-23,27,35-36H,2,14-15H2,1H3,(H,32,33). The van der Waals surface area contributed by atoms with Gasteiger partial charge in [0.15, 0.2) is 11.9 Å². The molecule has 1 aromatic heterocycles. The molecule has 1 aliphatic heterocycles. The Morgan fingerprint density at radius 2 is 1.82 bits per heavy atom. The van der Waals surface area contributed by atoms with E-state index in [1.165, 1.54) is 0 Å². The van der Waals surface area contributed by atoms with Crippen LogP contribution in [0, 0.1) is 11.6 Å². The number of aromatic nitrogens is 2. The molecule has 3 aromatic carbocycles. The van der Waals surface area contributed by atoms with Crippen molar-refractivity contribution >= 4 is 23.4 Å². The van der Waals surface area contributed by atoms with Crippen LogP contribution < -0.4 is 9.75 Å². The van der Waals surface area contributed by atoms with Gasteiger partial charge in [-0.3, -0.25) is 0 Å². The lowest BCUT2D eigenvalue weighted by molar-refractivity contribution is -0.00390.